The largest absolute Gasteiger partial charge is 0.497 e. The van der Waals surface area contributed by atoms with Crippen molar-refractivity contribution in [1.29, 1.82) is 0 Å². The molecule has 3 N–H and O–H groups in total. The Balaban J connectivity index is 1.64. The molecule has 0 fully saturated rings. The molecule has 37 heavy (non-hydrogen) atoms. The van der Waals surface area contributed by atoms with Crippen molar-refractivity contribution in [3.05, 3.63) is 91.8 Å². The van der Waals surface area contributed by atoms with Gasteiger partial charge in [-0.05, 0) is 60.9 Å². The minimum Gasteiger partial charge on any atom is -0.497 e. The summed E-state index contributed by atoms with van der Waals surface area (Å²) in [7, 11) is 1.63. The van der Waals surface area contributed by atoms with Gasteiger partial charge in [-0.15, -0.1) is 0 Å². The van der Waals surface area contributed by atoms with Crippen molar-refractivity contribution < 1.29 is 13.9 Å². The highest BCUT2D eigenvalue weighted by Gasteiger charge is 2.19. The molecule has 0 radical (unpaired) electrons. The Hall–Kier alpha value is -4.01. The molecule has 0 atom stereocenters. The molecule has 0 aliphatic rings. The number of nitrogens with two attached hydrogens (primary N) is 1. The molecule has 1 amide bonds. The van der Waals surface area contributed by atoms with Gasteiger partial charge in [0.25, 0.3) is 5.91 Å². The fourth-order valence-corrected chi connectivity index (χ4v) is 4.89. The lowest BCUT2D eigenvalue weighted by molar-refractivity contribution is 0.0996. The van der Waals surface area contributed by atoms with Gasteiger partial charge >= 0.3 is 5.63 Å². The summed E-state index contributed by atoms with van der Waals surface area (Å²) in [4.78, 5) is 29.1. The molecule has 0 aliphatic heterocycles. The molecule has 0 bridgehead atoms. The average molecular weight is 537 g/mol. The number of aromatic nitrogens is 2. The highest BCUT2D eigenvalue weighted by atomic mass is 35.5. The van der Waals surface area contributed by atoms with E-state index in [-0.39, 0.29) is 5.56 Å². The number of imidazole rings is 1. The Morgan fingerprint density at radius 3 is 2.46 bits per heavy atom. The number of methoxy groups -OCH3 is 1. The Morgan fingerprint density at radius 1 is 1.11 bits per heavy atom. The molecular formula is C27H22Cl2N4O4. The molecule has 0 aliphatic carbocycles. The van der Waals surface area contributed by atoms with E-state index < -0.39 is 11.5 Å². The van der Waals surface area contributed by atoms with E-state index in [1.54, 1.807) is 44.4 Å². The van der Waals surface area contributed by atoms with Crippen molar-refractivity contribution >= 4 is 62.7 Å². The van der Waals surface area contributed by atoms with Crippen molar-refractivity contribution in [3.8, 4) is 5.75 Å². The number of ether oxygens (including phenoxy) is 1. The summed E-state index contributed by atoms with van der Waals surface area (Å²) in [5.41, 5.74) is 8.42. The topological polar surface area (TPSA) is 112 Å². The summed E-state index contributed by atoms with van der Waals surface area (Å²) >= 11 is 12.4. The van der Waals surface area contributed by atoms with Crippen LogP contribution in [0.5, 0.6) is 5.75 Å². The van der Waals surface area contributed by atoms with Crippen LogP contribution in [0.15, 0.2) is 63.8 Å². The van der Waals surface area contributed by atoms with E-state index in [9.17, 15) is 9.59 Å². The fourth-order valence-electron chi connectivity index (χ4n) is 4.36. The number of carbonyl (C=O) groups excluding carboxylic acids is 1. The number of anilines is 2. The van der Waals surface area contributed by atoms with Gasteiger partial charge in [0.15, 0.2) is 0 Å². The van der Waals surface area contributed by atoms with Crippen LogP contribution in [-0.4, -0.2) is 22.6 Å². The van der Waals surface area contributed by atoms with Gasteiger partial charge < -0.3 is 24.8 Å². The van der Waals surface area contributed by atoms with Crippen molar-refractivity contribution in [3.63, 3.8) is 0 Å². The van der Waals surface area contributed by atoms with E-state index in [0.717, 1.165) is 16.8 Å². The Morgan fingerprint density at radius 2 is 1.81 bits per heavy atom. The highest BCUT2D eigenvalue weighted by Crippen LogP contribution is 2.31. The predicted molar refractivity (Wildman–Crippen MR) is 145 cm³/mol. The number of halogens is 2. The lowest BCUT2D eigenvalue weighted by Gasteiger charge is -2.12. The molecule has 2 heterocycles. The lowest BCUT2D eigenvalue weighted by atomic mass is 10.1. The van der Waals surface area contributed by atoms with Crippen LogP contribution < -0.4 is 21.4 Å². The van der Waals surface area contributed by atoms with E-state index in [2.05, 4.69) is 5.32 Å². The molecule has 0 saturated carbocycles. The summed E-state index contributed by atoms with van der Waals surface area (Å²) in [5, 5.41) is 4.85. The van der Waals surface area contributed by atoms with Crippen LogP contribution >= 0.6 is 23.2 Å². The van der Waals surface area contributed by atoms with Gasteiger partial charge in [-0.25, -0.2) is 9.78 Å². The number of nitrogens with zero attached hydrogens (tertiary/aromatic N) is 2. The van der Waals surface area contributed by atoms with Gasteiger partial charge in [0, 0.05) is 33.7 Å². The van der Waals surface area contributed by atoms with Crippen molar-refractivity contribution in [2.24, 2.45) is 5.73 Å². The predicted octanol–water partition coefficient (Wildman–Crippen LogP) is 5.85. The third-order valence-corrected chi connectivity index (χ3v) is 6.62. The Bertz CT molecular complexity index is 1710. The number of rotatable bonds is 7. The molecule has 8 nitrogen and oxygen atoms in total. The first-order chi connectivity index (χ1) is 17.7. The second-order valence-electron chi connectivity index (χ2n) is 8.56. The number of hydrogen-bond donors (Lipinski definition) is 2. The zero-order chi connectivity index (χ0) is 26.3. The fraction of sp³-hybridized carbons (Fsp3) is 0.148. The van der Waals surface area contributed by atoms with Crippen molar-refractivity contribution in [2.75, 3.05) is 12.4 Å². The third-order valence-electron chi connectivity index (χ3n) is 6.18. The number of amides is 1. The van der Waals surface area contributed by atoms with E-state index in [1.165, 1.54) is 0 Å². The number of hydrogen-bond acceptors (Lipinski definition) is 6. The van der Waals surface area contributed by atoms with E-state index in [1.807, 2.05) is 28.8 Å². The molecule has 3 aromatic carbocycles. The van der Waals surface area contributed by atoms with Crippen LogP contribution in [0.1, 0.15) is 21.5 Å². The average Bonchev–Trinajstić information content (AvgIpc) is 3.16. The monoisotopic (exact) mass is 536 g/mol. The summed E-state index contributed by atoms with van der Waals surface area (Å²) in [6, 6.07) is 16.5. The minimum absolute atomic E-state index is 0.169. The number of benzene rings is 3. The van der Waals surface area contributed by atoms with Crippen LogP contribution in [0.2, 0.25) is 10.0 Å². The Kier molecular flexibility index (Phi) is 6.54. The van der Waals surface area contributed by atoms with Gasteiger partial charge in [-0.1, -0.05) is 35.3 Å². The van der Waals surface area contributed by atoms with Crippen LogP contribution in [-0.2, 0) is 13.0 Å². The zero-order valence-electron chi connectivity index (χ0n) is 20.0. The number of aryl methyl sites for hydroxylation is 3. The van der Waals surface area contributed by atoms with Crippen molar-refractivity contribution in [2.45, 2.75) is 19.9 Å². The quantitative estimate of drug-likeness (QED) is 0.252. The molecule has 5 aromatic rings. The number of nitrogens with one attached hydrogen (secondary N) is 1. The van der Waals surface area contributed by atoms with Crippen LogP contribution in [0, 0.1) is 6.92 Å². The number of carbonyl (C=O) groups is 1. The summed E-state index contributed by atoms with van der Waals surface area (Å²) in [6.45, 7) is 2.23. The maximum atomic E-state index is 12.5. The normalized spacial score (nSPS) is 11.2. The van der Waals surface area contributed by atoms with Crippen LogP contribution in [0.25, 0.3) is 22.0 Å². The first-order valence-electron chi connectivity index (χ1n) is 11.4. The molecule has 0 unspecified atom stereocenters. The van der Waals surface area contributed by atoms with E-state index in [4.69, 9.17) is 43.1 Å². The van der Waals surface area contributed by atoms with Gasteiger partial charge in [-0.2, -0.15) is 0 Å². The maximum absolute atomic E-state index is 12.5. The molecule has 5 rings (SSSR count). The lowest BCUT2D eigenvalue weighted by Crippen LogP contribution is -2.22. The van der Waals surface area contributed by atoms with Crippen molar-refractivity contribution in [1.82, 2.24) is 9.55 Å². The van der Waals surface area contributed by atoms with Gasteiger partial charge in [0.05, 0.1) is 18.1 Å². The summed E-state index contributed by atoms with van der Waals surface area (Å²) in [6.07, 6.45) is 0.696. The van der Waals surface area contributed by atoms with Crippen LogP contribution in [0.3, 0.4) is 0 Å². The number of primary amides is 1. The smallest absolute Gasteiger partial charge is 0.349 e. The molecule has 10 heteroatoms. The van der Waals surface area contributed by atoms with Gasteiger partial charge in [0.1, 0.15) is 16.9 Å². The minimum atomic E-state index is -0.835. The molecule has 0 saturated heterocycles. The summed E-state index contributed by atoms with van der Waals surface area (Å²) in [5.74, 6) is 0.495. The summed E-state index contributed by atoms with van der Waals surface area (Å²) < 4.78 is 12.7. The first-order valence-corrected chi connectivity index (χ1v) is 12.1. The third kappa shape index (κ3) is 4.85. The Labute approximate surface area is 221 Å². The maximum Gasteiger partial charge on any atom is 0.349 e. The molecule has 0 spiro atoms. The van der Waals surface area contributed by atoms with E-state index in [0.29, 0.717) is 56.7 Å². The number of fused-ring (bicyclic) bond motifs is 2. The van der Waals surface area contributed by atoms with Gasteiger partial charge in [0.2, 0.25) is 5.95 Å². The standard InChI is InChI=1S/C27H22Cl2N4O4/c1-14-20-12-21-22(13-23(20)37-26(35)24(14)25(30)34)33(8-7-15-3-5-19(36-2)6-4-15)27(32-21)31-18-10-16(28)9-17(29)11-18/h3-6,9-13H,7-8H2,1-2H3,(H2,30,34)(H,31,32). The second kappa shape index (κ2) is 9.80. The molecule has 2 aromatic heterocycles. The first kappa shape index (κ1) is 24.7. The zero-order valence-corrected chi connectivity index (χ0v) is 21.5. The molecule has 188 valence electrons. The van der Waals surface area contributed by atoms with Crippen LogP contribution in [0.4, 0.5) is 11.6 Å². The van der Waals surface area contributed by atoms with E-state index >= 15 is 0 Å². The SMILES string of the molecule is COc1ccc(CCn2c(Nc3cc(Cl)cc(Cl)c3)nc3cc4c(C)c(C(N)=O)c(=O)oc4cc32)cc1. The second-order valence-corrected chi connectivity index (χ2v) is 9.43. The highest BCUT2D eigenvalue weighted by molar-refractivity contribution is 6.35. The van der Waals surface area contributed by atoms with Gasteiger partial charge in [-0.3, -0.25) is 4.79 Å². The molecular weight excluding hydrogens is 515 g/mol.